The molecule has 3 rings (SSSR count). The third-order valence-electron chi connectivity index (χ3n) is 5.05. The zero-order chi connectivity index (χ0) is 20.5. The van der Waals surface area contributed by atoms with Gasteiger partial charge in [0.2, 0.25) is 5.78 Å². The Bertz CT molecular complexity index is 834. The van der Waals surface area contributed by atoms with Gasteiger partial charge in [0.1, 0.15) is 23.6 Å². The Morgan fingerprint density at radius 1 is 1.21 bits per heavy atom. The summed E-state index contributed by atoms with van der Waals surface area (Å²) in [6.45, 7) is 0.566. The lowest BCUT2D eigenvalue weighted by atomic mass is 9.96. The highest BCUT2D eigenvalue weighted by atomic mass is 16.5. The number of nitrogens with zero attached hydrogens (tertiary/aromatic N) is 1. The van der Waals surface area contributed by atoms with Crippen molar-refractivity contribution in [2.75, 3.05) is 27.4 Å². The van der Waals surface area contributed by atoms with Gasteiger partial charge in [0, 0.05) is 0 Å². The van der Waals surface area contributed by atoms with Crippen LogP contribution in [0.15, 0.2) is 18.2 Å². The first-order valence-corrected chi connectivity index (χ1v) is 8.85. The van der Waals surface area contributed by atoms with E-state index in [2.05, 4.69) is 5.32 Å². The molecule has 150 valence electrons. The van der Waals surface area contributed by atoms with Crippen molar-refractivity contribution in [3.05, 3.63) is 23.8 Å². The smallest absolute Gasteiger partial charge is 0.326 e. The van der Waals surface area contributed by atoms with Crippen LogP contribution in [0.3, 0.4) is 0 Å². The molecule has 1 atom stereocenters. The SMILES string of the molecule is COc1ccc(OC)c(C(=O)COC(=O)CN2C(=O)N[C@](C)(C3CC3)C2=O)c1. The highest BCUT2D eigenvalue weighted by Gasteiger charge is 2.56. The summed E-state index contributed by atoms with van der Waals surface area (Å²) in [5.41, 5.74) is -0.771. The van der Waals surface area contributed by atoms with E-state index in [1.165, 1.54) is 20.3 Å². The molecule has 1 heterocycles. The molecule has 0 unspecified atom stereocenters. The molecule has 1 saturated heterocycles. The molecule has 1 aliphatic carbocycles. The van der Waals surface area contributed by atoms with Crippen molar-refractivity contribution in [2.24, 2.45) is 5.92 Å². The summed E-state index contributed by atoms with van der Waals surface area (Å²) in [5, 5.41) is 2.65. The topological polar surface area (TPSA) is 111 Å². The van der Waals surface area contributed by atoms with Crippen molar-refractivity contribution in [3.8, 4) is 11.5 Å². The number of imide groups is 1. The molecule has 9 nitrogen and oxygen atoms in total. The summed E-state index contributed by atoms with van der Waals surface area (Å²) in [4.78, 5) is 49.9. The van der Waals surface area contributed by atoms with Gasteiger partial charge in [-0.1, -0.05) is 0 Å². The number of ether oxygens (including phenoxy) is 3. The molecule has 1 saturated carbocycles. The molecule has 2 fully saturated rings. The van der Waals surface area contributed by atoms with Crippen LogP contribution in [0.5, 0.6) is 11.5 Å². The van der Waals surface area contributed by atoms with Crippen molar-refractivity contribution in [2.45, 2.75) is 25.3 Å². The molecule has 0 radical (unpaired) electrons. The van der Waals surface area contributed by atoms with E-state index in [0.717, 1.165) is 17.7 Å². The summed E-state index contributed by atoms with van der Waals surface area (Å²) in [6, 6.07) is 4.06. The summed E-state index contributed by atoms with van der Waals surface area (Å²) in [6.07, 6.45) is 1.72. The van der Waals surface area contributed by atoms with Crippen LogP contribution < -0.4 is 14.8 Å². The fourth-order valence-electron chi connectivity index (χ4n) is 3.23. The number of hydrogen-bond acceptors (Lipinski definition) is 7. The van der Waals surface area contributed by atoms with Crippen LogP contribution in [-0.2, 0) is 14.3 Å². The second-order valence-corrected chi connectivity index (χ2v) is 6.95. The van der Waals surface area contributed by atoms with Gasteiger partial charge in [-0.3, -0.25) is 19.3 Å². The first-order valence-electron chi connectivity index (χ1n) is 8.85. The molecular formula is C19H22N2O7. The third-order valence-corrected chi connectivity index (χ3v) is 5.05. The standard InChI is InChI=1S/C19H22N2O7/c1-19(11-4-5-11)17(24)21(18(25)20-19)9-16(23)28-10-14(22)13-8-12(26-2)6-7-15(13)27-3/h6-8,11H,4-5,9-10H2,1-3H3,(H,20,25)/t19-/m1/s1. The van der Waals surface area contributed by atoms with E-state index < -0.39 is 42.4 Å². The molecule has 1 aromatic rings. The third kappa shape index (κ3) is 3.64. The van der Waals surface area contributed by atoms with Gasteiger partial charge in [0.25, 0.3) is 5.91 Å². The van der Waals surface area contributed by atoms with Gasteiger partial charge in [-0.2, -0.15) is 0 Å². The number of carbonyl (C=O) groups excluding carboxylic acids is 4. The highest BCUT2D eigenvalue weighted by molar-refractivity contribution is 6.09. The van der Waals surface area contributed by atoms with Crippen LogP contribution in [0.25, 0.3) is 0 Å². The Kier molecular flexibility index (Phi) is 5.26. The van der Waals surface area contributed by atoms with Gasteiger partial charge in [0.05, 0.1) is 19.8 Å². The van der Waals surface area contributed by atoms with Crippen LogP contribution in [-0.4, -0.2) is 61.5 Å². The largest absolute Gasteiger partial charge is 0.497 e. The number of urea groups is 1. The number of hydrogen-bond donors (Lipinski definition) is 1. The van der Waals surface area contributed by atoms with E-state index in [1.54, 1.807) is 19.1 Å². The lowest BCUT2D eigenvalue weighted by Gasteiger charge is -2.20. The van der Waals surface area contributed by atoms with E-state index in [9.17, 15) is 19.2 Å². The summed E-state index contributed by atoms with van der Waals surface area (Å²) < 4.78 is 15.2. The molecular weight excluding hydrogens is 368 g/mol. The maximum absolute atomic E-state index is 12.5. The Morgan fingerprint density at radius 2 is 1.93 bits per heavy atom. The van der Waals surface area contributed by atoms with Crippen LogP contribution in [0, 0.1) is 5.92 Å². The summed E-state index contributed by atoms with van der Waals surface area (Å²) in [5.74, 6) is -0.932. The van der Waals surface area contributed by atoms with Crippen molar-refractivity contribution >= 4 is 23.7 Å². The molecule has 1 aliphatic heterocycles. The quantitative estimate of drug-likeness (QED) is 0.403. The van der Waals surface area contributed by atoms with E-state index in [1.807, 2.05) is 0 Å². The number of rotatable bonds is 8. The van der Waals surface area contributed by atoms with E-state index in [-0.39, 0.29) is 11.5 Å². The first-order chi connectivity index (χ1) is 13.3. The number of amides is 3. The van der Waals surface area contributed by atoms with Gasteiger partial charge in [-0.15, -0.1) is 0 Å². The van der Waals surface area contributed by atoms with E-state index >= 15 is 0 Å². The Balaban J connectivity index is 1.59. The number of ketones is 1. The molecule has 2 aliphatic rings. The molecule has 1 N–H and O–H groups in total. The number of esters is 1. The summed E-state index contributed by atoms with van der Waals surface area (Å²) in [7, 11) is 2.88. The zero-order valence-corrected chi connectivity index (χ0v) is 15.9. The highest BCUT2D eigenvalue weighted by Crippen LogP contribution is 2.42. The van der Waals surface area contributed by atoms with Crippen LogP contribution in [0.4, 0.5) is 4.79 Å². The lowest BCUT2D eigenvalue weighted by Crippen LogP contribution is -2.46. The number of carbonyl (C=O) groups is 4. The number of Topliss-reactive ketones (excluding diaryl/α,β-unsaturated/α-hetero) is 1. The van der Waals surface area contributed by atoms with Crippen molar-refractivity contribution in [3.63, 3.8) is 0 Å². The molecule has 9 heteroatoms. The fourth-order valence-corrected chi connectivity index (χ4v) is 3.23. The Hall–Kier alpha value is -3.10. The zero-order valence-electron chi connectivity index (χ0n) is 15.9. The predicted octanol–water partition coefficient (Wildman–Crippen LogP) is 1.15. The average molecular weight is 390 g/mol. The molecule has 0 spiro atoms. The molecule has 28 heavy (non-hydrogen) atoms. The van der Waals surface area contributed by atoms with Gasteiger partial charge in [0.15, 0.2) is 6.61 Å². The van der Waals surface area contributed by atoms with Gasteiger partial charge < -0.3 is 19.5 Å². The second kappa shape index (κ2) is 7.49. The minimum atomic E-state index is -0.971. The monoisotopic (exact) mass is 390 g/mol. The van der Waals surface area contributed by atoms with Crippen LogP contribution in [0.1, 0.15) is 30.1 Å². The lowest BCUT2D eigenvalue weighted by molar-refractivity contribution is -0.146. The Morgan fingerprint density at radius 3 is 2.54 bits per heavy atom. The molecule has 0 aromatic heterocycles. The Labute approximate surface area is 161 Å². The molecule has 0 bridgehead atoms. The van der Waals surface area contributed by atoms with Gasteiger partial charge in [-0.25, -0.2) is 4.79 Å². The van der Waals surface area contributed by atoms with E-state index in [0.29, 0.717) is 11.5 Å². The van der Waals surface area contributed by atoms with Crippen LogP contribution in [0.2, 0.25) is 0 Å². The van der Waals surface area contributed by atoms with E-state index in [4.69, 9.17) is 14.2 Å². The van der Waals surface area contributed by atoms with Gasteiger partial charge >= 0.3 is 12.0 Å². The van der Waals surface area contributed by atoms with Crippen molar-refractivity contribution in [1.29, 1.82) is 0 Å². The fraction of sp³-hybridized carbons (Fsp3) is 0.474. The average Bonchev–Trinajstić information content (AvgIpc) is 3.51. The maximum Gasteiger partial charge on any atom is 0.326 e. The maximum atomic E-state index is 12.5. The number of methoxy groups -OCH3 is 2. The normalized spacial score (nSPS) is 21.3. The number of nitrogens with one attached hydrogen (secondary N) is 1. The minimum absolute atomic E-state index is 0.0899. The number of benzene rings is 1. The van der Waals surface area contributed by atoms with Crippen molar-refractivity contribution < 1.29 is 33.4 Å². The molecule has 3 amide bonds. The van der Waals surface area contributed by atoms with Crippen LogP contribution >= 0.6 is 0 Å². The predicted molar refractivity (Wildman–Crippen MR) is 96.2 cm³/mol. The minimum Gasteiger partial charge on any atom is -0.497 e. The van der Waals surface area contributed by atoms with Crippen molar-refractivity contribution in [1.82, 2.24) is 10.2 Å². The van der Waals surface area contributed by atoms with Gasteiger partial charge in [-0.05, 0) is 43.9 Å². The first kappa shape index (κ1) is 19.7. The molecule has 1 aromatic carbocycles. The second-order valence-electron chi connectivity index (χ2n) is 6.95. The summed E-state index contributed by atoms with van der Waals surface area (Å²) >= 11 is 0.